The topological polar surface area (TPSA) is 60.4 Å². The summed E-state index contributed by atoms with van der Waals surface area (Å²) in [6.45, 7) is 2.03. The zero-order valence-corrected chi connectivity index (χ0v) is 8.77. The Labute approximate surface area is 89.4 Å². The van der Waals surface area contributed by atoms with Crippen LogP contribution in [-0.2, 0) is 0 Å². The van der Waals surface area contributed by atoms with Crippen LogP contribution in [0.2, 0.25) is 0 Å². The number of aliphatic hydroxyl groups excluding tert-OH is 1. The Kier molecular flexibility index (Phi) is 4.31. The van der Waals surface area contributed by atoms with Gasteiger partial charge in [0.2, 0.25) is 0 Å². The minimum absolute atomic E-state index is 0.0844. The van der Waals surface area contributed by atoms with Gasteiger partial charge in [0.1, 0.15) is 0 Å². The molecule has 82 valence electrons. The van der Waals surface area contributed by atoms with E-state index >= 15 is 0 Å². The van der Waals surface area contributed by atoms with E-state index in [-0.39, 0.29) is 5.56 Å². The monoisotopic (exact) mass is 207 g/mol. The SMILES string of the molecule is CCCCC(O)c1ccccc1C(=O)[O-]. The Morgan fingerprint density at radius 1 is 1.47 bits per heavy atom. The number of carbonyl (C=O) groups is 1. The van der Waals surface area contributed by atoms with Crippen molar-refractivity contribution in [3.8, 4) is 0 Å². The van der Waals surface area contributed by atoms with Crippen molar-refractivity contribution >= 4 is 5.97 Å². The molecule has 1 aromatic carbocycles. The molecule has 1 unspecified atom stereocenters. The smallest absolute Gasteiger partial charge is 0.0796 e. The van der Waals surface area contributed by atoms with Crippen molar-refractivity contribution < 1.29 is 15.0 Å². The fourth-order valence-electron chi connectivity index (χ4n) is 1.53. The highest BCUT2D eigenvalue weighted by atomic mass is 16.4. The van der Waals surface area contributed by atoms with Gasteiger partial charge in [0.25, 0.3) is 0 Å². The average molecular weight is 207 g/mol. The molecule has 0 saturated carbocycles. The maximum Gasteiger partial charge on any atom is 0.0796 e. The highest BCUT2D eigenvalue weighted by Crippen LogP contribution is 2.22. The highest BCUT2D eigenvalue weighted by Gasteiger charge is 2.11. The molecule has 0 radical (unpaired) electrons. The van der Waals surface area contributed by atoms with Gasteiger partial charge in [0, 0.05) is 5.56 Å². The summed E-state index contributed by atoms with van der Waals surface area (Å²) in [5, 5.41) is 20.6. The first-order valence-electron chi connectivity index (χ1n) is 5.15. The largest absolute Gasteiger partial charge is 0.545 e. The molecular weight excluding hydrogens is 192 g/mol. The van der Waals surface area contributed by atoms with E-state index in [1.54, 1.807) is 18.2 Å². The second-order valence-corrected chi connectivity index (χ2v) is 3.53. The molecular formula is C12H15O3-. The standard InChI is InChI=1S/C12H16O3/c1-2-3-8-11(13)9-6-4-5-7-10(9)12(14)15/h4-7,11,13H,2-3,8H2,1H3,(H,14,15)/p-1. The molecule has 0 heterocycles. The predicted molar refractivity (Wildman–Crippen MR) is 55.3 cm³/mol. The van der Waals surface area contributed by atoms with Gasteiger partial charge in [-0.1, -0.05) is 44.0 Å². The summed E-state index contributed by atoms with van der Waals surface area (Å²) in [7, 11) is 0. The summed E-state index contributed by atoms with van der Waals surface area (Å²) >= 11 is 0. The van der Waals surface area contributed by atoms with Crippen LogP contribution in [0.3, 0.4) is 0 Å². The van der Waals surface area contributed by atoms with Crippen molar-refractivity contribution in [1.82, 2.24) is 0 Å². The molecule has 1 rings (SSSR count). The molecule has 1 aromatic rings. The summed E-state index contributed by atoms with van der Waals surface area (Å²) in [6, 6.07) is 6.43. The lowest BCUT2D eigenvalue weighted by atomic mass is 9.99. The van der Waals surface area contributed by atoms with Gasteiger partial charge in [-0.05, 0) is 12.0 Å². The minimum Gasteiger partial charge on any atom is -0.545 e. The van der Waals surface area contributed by atoms with Crippen molar-refractivity contribution in [2.24, 2.45) is 0 Å². The molecule has 0 fully saturated rings. The summed E-state index contributed by atoms with van der Waals surface area (Å²) in [4.78, 5) is 10.8. The molecule has 0 aromatic heterocycles. The number of benzene rings is 1. The Morgan fingerprint density at radius 3 is 2.73 bits per heavy atom. The lowest BCUT2D eigenvalue weighted by molar-refractivity contribution is -0.255. The molecule has 0 amide bonds. The fourth-order valence-corrected chi connectivity index (χ4v) is 1.53. The molecule has 0 aliphatic rings. The van der Waals surface area contributed by atoms with Crippen molar-refractivity contribution in [2.75, 3.05) is 0 Å². The number of carboxylic acid groups (broad SMARTS) is 1. The van der Waals surface area contributed by atoms with Crippen molar-refractivity contribution in [3.05, 3.63) is 35.4 Å². The van der Waals surface area contributed by atoms with E-state index in [0.717, 1.165) is 12.8 Å². The maximum atomic E-state index is 10.8. The zero-order chi connectivity index (χ0) is 11.3. The van der Waals surface area contributed by atoms with Crippen molar-refractivity contribution in [3.63, 3.8) is 0 Å². The van der Waals surface area contributed by atoms with Crippen LogP contribution in [-0.4, -0.2) is 11.1 Å². The second kappa shape index (κ2) is 5.51. The molecule has 1 N–H and O–H groups in total. The molecule has 0 bridgehead atoms. The number of aliphatic hydroxyl groups is 1. The molecule has 3 heteroatoms. The Bertz CT molecular complexity index is 333. The van der Waals surface area contributed by atoms with E-state index < -0.39 is 12.1 Å². The van der Waals surface area contributed by atoms with E-state index in [1.165, 1.54) is 6.07 Å². The first-order chi connectivity index (χ1) is 7.16. The number of hydrogen-bond acceptors (Lipinski definition) is 3. The number of rotatable bonds is 5. The van der Waals surface area contributed by atoms with E-state index in [1.807, 2.05) is 6.92 Å². The van der Waals surface area contributed by atoms with Gasteiger partial charge in [-0.2, -0.15) is 0 Å². The van der Waals surface area contributed by atoms with Crippen LogP contribution in [0, 0.1) is 0 Å². The first kappa shape index (κ1) is 11.7. The summed E-state index contributed by atoms with van der Waals surface area (Å²) < 4.78 is 0. The molecule has 0 aliphatic heterocycles. The number of aromatic carboxylic acids is 1. The third-order valence-corrected chi connectivity index (χ3v) is 2.37. The van der Waals surface area contributed by atoms with E-state index in [2.05, 4.69) is 0 Å². The second-order valence-electron chi connectivity index (χ2n) is 3.53. The number of carbonyl (C=O) groups excluding carboxylic acids is 1. The van der Waals surface area contributed by atoms with E-state index in [4.69, 9.17) is 0 Å². The molecule has 15 heavy (non-hydrogen) atoms. The van der Waals surface area contributed by atoms with Crippen molar-refractivity contribution in [2.45, 2.75) is 32.3 Å². The van der Waals surface area contributed by atoms with Crippen molar-refractivity contribution in [1.29, 1.82) is 0 Å². The third-order valence-electron chi connectivity index (χ3n) is 2.37. The van der Waals surface area contributed by atoms with E-state index in [9.17, 15) is 15.0 Å². The molecule has 0 spiro atoms. The minimum atomic E-state index is -1.24. The zero-order valence-electron chi connectivity index (χ0n) is 8.77. The Balaban J connectivity index is 2.87. The van der Waals surface area contributed by atoms with Gasteiger partial charge in [0.05, 0.1) is 12.1 Å². The average Bonchev–Trinajstić information content (AvgIpc) is 2.25. The van der Waals surface area contributed by atoms with Gasteiger partial charge >= 0.3 is 0 Å². The molecule has 1 atom stereocenters. The van der Waals surface area contributed by atoms with Gasteiger partial charge < -0.3 is 15.0 Å². The maximum absolute atomic E-state index is 10.8. The Morgan fingerprint density at radius 2 is 2.13 bits per heavy atom. The van der Waals surface area contributed by atoms with E-state index in [0.29, 0.717) is 12.0 Å². The fraction of sp³-hybridized carbons (Fsp3) is 0.417. The predicted octanol–water partition coefficient (Wildman–Crippen LogP) is 1.27. The Hall–Kier alpha value is -1.35. The number of unbranched alkanes of at least 4 members (excludes halogenated alkanes) is 1. The van der Waals surface area contributed by atoms with Gasteiger partial charge in [0.15, 0.2) is 0 Å². The highest BCUT2D eigenvalue weighted by molar-refractivity contribution is 5.87. The van der Waals surface area contributed by atoms with Gasteiger partial charge in [-0.3, -0.25) is 0 Å². The van der Waals surface area contributed by atoms with Crippen LogP contribution >= 0.6 is 0 Å². The van der Waals surface area contributed by atoms with Gasteiger partial charge in [-0.15, -0.1) is 0 Å². The summed E-state index contributed by atoms with van der Waals surface area (Å²) in [5.74, 6) is -1.24. The lowest BCUT2D eigenvalue weighted by Crippen LogP contribution is -2.24. The quantitative estimate of drug-likeness (QED) is 0.791. The molecule has 0 saturated heterocycles. The summed E-state index contributed by atoms with van der Waals surface area (Å²) in [5.41, 5.74) is 0.534. The lowest BCUT2D eigenvalue weighted by Gasteiger charge is -2.15. The molecule has 0 aliphatic carbocycles. The molecule has 3 nitrogen and oxygen atoms in total. The third kappa shape index (κ3) is 3.06. The van der Waals surface area contributed by atoms with Gasteiger partial charge in [-0.25, -0.2) is 0 Å². The van der Waals surface area contributed by atoms with Crippen LogP contribution in [0.15, 0.2) is 24.3 Å². The normalized spacial score (nSPS) is 12.4. The number of carboxylic acids is 1. The van der Waals surface area contributed by atoms with Crippen LogP contribution in [0.25, 0.3) is 0 Å². The van der Waals surface area contributed by atoms with Crippen LogP contribution in [0.4, 0.5) is 0 Å². The van der Waals surface area contributed by atoms with Crippen LogP contribution in [0.1, 0.15) is 48.2 Å². The number of hydrogen-bond donors (Lipinski definition) is 1. The van der Waals surface area contributed by atoms with Crippen LogP contribution < -0.4 is 5.11 Å². The van der Waals surface area contributed by atoms with Crippen LogP contribution in [0.5, 0.6) is 0 Å². The summed E-state index contributed by atoms with van der Waals surface area (Å²) in [6.07, 6.45) is 1.73. The first-order valence-corrected chi connectivity index (χ1v) is 5.15.